The van der Waals surface area contributed by atoms with Crippen LogP contribution in [0.25, 0.3) is 0 Å². The van der Waals surface area contributed by atoms with E-state index in [0.717, 1.165) is 12.8 Å². The van der Waals surface area contributed by atoms with Gasteiger partial charge >= 0.3 is 0 Å². The Morgan fingerprint density at radius 1 is 1.50 bits per heavy atom. The van der Waals surface area contributed by atoms with E-state index in [0.29, 0.717) is 18.2 Å². The van der Waals surface area contributed by atoms with E-state index in [1.165, 1.54) is 6.20 Å². The quantitative estimate of drug-likeness (QED) is 0.643. The number of aliphatic hydroxyl groups excluding tert-OH is 1. The van der Waals surface area contributed by atoms with Crippen LogP contribution < -0.4 is 11.1 Å². The number of aromatic nitrogens is 2. The minimum Gasteiger partial charge on any atom is -0.391 e. The molecule has 14 heavy (non-hydrogen) atoms. The summed E-state index contributed by atoms with van der Waals surface area (Å²) in [5, 5.41) is 12.4. The molecule has 0 bridgehead atoms. The highest BCUT2D eigenvalue weighted by Gasteiger charge is 2.02. The minimum absolute atomic E-state index is 0.334. The zero-order chi connectivity index (χ0) is 10.4. The highest BCUT2D eigenvalue weighted by molar-refractivity contribution is 5.35. The molecule has 0 aliphatic heterocycles. The van der Waals surface area contributed by atoms with Crippen LogP contribution in [-0.4, -0.2) is 27.7 Å². The lowest BCUT2D eigenvalue weighted by Crippen LogP contribution is -2.19. The Bertz CT molecular complexity index is 262. The lowest BCUT2D eigenvalue weighted by atomic mass is 10.2. The van der Waals surface area contributed by atoms with Crippen molar-refractivity contribution in [3.8, 4) is 0 Å². The van der Waals surface area contributed by atoms with E-state index in [1.54, 1.807) is 6.20 Å². The van der Waals surface area contributed by atoms with E-state index in [9.17, 15) is 5.11 Å². The van der Waals surface area contributed by atoms with Crippen LogP contribution in [-0.2, 0) is 0 Å². The first kappa shape index (κ1) is 10.7. The second-order valence-corrected chi connectivity index (χ2v) is 3.15. The molecule has 0 amide bonds. The molecular weight excluding hydrogens is 180 g/mol. The Morgan fingerprint density at radius 3 is 2.86 bits per heavy atom. The van der Waals surface area contributed by atoms with Gasteiger partial charge in [-0.25, -0.2) is 9.97 Å². The van der Waals surface area contributed by atoms with Crippen LogP contribution in [0.2, 0.25) is 0 Å². The van der Waals surface area contributed by atoms with Crippen LogP contribution in [0.1, 0.15) is 19.8 Å². The Morgan fingerprint density at radius 2 is 2.29 bits per heavy atom. The average molecular weight is 196 g/mol. The summed E-state index contributed by atoms with van der Waals surface area (Å²) in [6, 6.07) is 0. The van der Waals surface area contributed by atoms with Gasteiger partial charge in [-0.3, -0.25) is 0 Å². The first-order valence-corrected chi connectivity index (χ1v) is 4.71. The van der Waals surface area contributed by atoms with Gasteiger partial charge in [-0.15, -0.1) is 0 Å². The fourth-order valence-corrected chi connectivity index (χ4v) is 1.09. The maximum Gasteiger partial charge on any atom is 0.144 e. The maximum atomic E-state index is 9.43. The van der Waals surface area contributed by atoms with Crippen molar-refractivity contribution in [1.29, 1.82) is 0 Å². The number of hydrogen-bond acceptors (Lipinski definition) is 5. The minimum atomic E-state index is -0.334. The van der Waals surface area contributed by atoms with Gasteiger partial charge in [0.2, 0.25) is 0 Å². The fourth-order valence-electron chi connectivity index (χ4n) is 1.09. The maximum absolute atomic E-state index is 9.43. The molecule has 0 fully saturated rings. The lowest BCUT2D eigenvalue weighted by Gasteiger charge is -2.10. The molecule has 0 aromatic carbocycles. The molecule has 1 rings (SSSR count). The van der Waals surface area contributed by atoms with Gasteiger partial charge in [0, 0.05) is 6.54 Å². The van der Waals surface area contributed by atoms with Gasteiger partial charge < -0.3 is 16.2 Å². The smallest absolute Gasteiger partial charge is 0.144 e. The van der Waals surface area contributed by atoms with E-state index in [4.69, 9.17) is 5.73 Å². The van der Waals surface area contributed by atoms with Gasteiger partial charge in [0.1, 0.15) is 11.6 Å². The molecule has 4 N–H and O–H groups in total. The lowest BCUT2D eigenvalue weighted by molar-refractivity contribution is 0.176. The zero-order valence-corrected chi connectivity index (χ0v) is 8.27. The number of hydrogen-bond donors (Lipinski definition) is 3. The molecular formula is C9H16N4O. The Hall–Kier alpha value is -1.36. The zero-order valence-electron chi connectivity index (χ0n) is 8.27. The van der Waals surface area contributed by atoms with Crippen LogP contribution in [0.5, 0.6) is 0 Å². The normalized spacial score (nSPS) is 12.4. The molecule has 78 valence electrons. The summed E-state index contributed by atoms with van der Waals surface area (Å²) in [6.07, 6.45) is 4.45. The Balaban J connectivity index is 2.34. The molecule has 5 heteroatoms. The van der Waals surface area contributed by atoms with Crippen molar-refractivity contribution in [2.24, 2.45) is 0 Å². The standard InChI is InChI=1S/C9H16N4O/c1-2-3-7(14)4-12-9-6-11-8(10)5-13-9/h5-7,14H,2-4H2,1H3,(H2,10,11)(H,12,13). The third-order valence-electron chi connectivity index (χ3n) is 1.81. The highest BCUT2D eigenvalue weighted by atomic mass is 16.3. The molecule has 1 unspecified atom stereocenters. The molecule has 1 heterocycles. The second kappa shape index (κ2) is 5.39. The van der Waals surface area contributed by atoms with Crippen LogP contribution in [0.4, 0.5) is 11.6 Å². The van der Waals surface area contributed by atoms with Crippen molar-refractivity contribution in [1.82, 2.24) is 9.97 Å². The summed E-state index contributed by atoms with van der Waals surface area (Å²) in [7, 11) is 0. The monoisotopic (exact) mass is 196 g/mol. The largest absolute Gasteiger partial charge is 0.391 e. The molecule has 0 aliphatic rings. The van der Waals surface area contributed by atoms with E-state index < -0.39 is 0 Å². The summed E-state index contributed by atoms with van der Waals surface area (Å²) in [5.41, 5.74) is 5.38. The van der Waals surface area contributed by atoms with Crippen LogP contribution >= 0.6 is 0 Å². The summed E-state index contributed by atoms with van der Waals surface area (Å²) >= 11 is 0. The molecule has 0 saturated heterocycles. The van der Waals surface area contributed by atoms with Crippen LogP contribution in [0, 0.1) is 0 Å². The number of anilines is 2. The number of nitrogens with two attached hydrogens (primary N) is 1. The first-order chi connectivity index (χ1) is 6.72. The average Bonchev–Trinajstić information content (AvgIpc) is 2.17. The van der Waals surface area contributed by atoms with Crippen molar-refractivity contribution >= 4 is 11.6 Å². The summed E-state index contributed by atoms with van der Waals surface area (Å²) in [5.74, 6) is 1.03. The van der Waals surface area contributed by atoms with Crippen molar-refractivity contribution in [2.75, 3.05) is 17.6 Å². The SMILES string of the molecule is CCCC(O)CNc1cnc(N)cn1. The third-order valence-corrected chi connectivity index (χ3v) is 1.81. The number of rotatable bonds is 5. The summed E-state index contributed by atoms with van der Waals surface area (Å²) in [6.45, 7) is 2.53. The van der Waals surface area contributed by atoms with Gasteiger partial charge in [0.25, 0.3) is 0 Å². The fraction of sp³-hybridized carbons (Fsp3) is 0.556. The second-order valence-electron chi connectivity index (χ2n) is 3.15. The van der Waals surface area contributed by atoms with E-state index in [1.807, 2.05) is 6.92 Å². The number of aliphatic hydroxyl groups is 1. The van der Waals surface area contributed by atoms with E-state index >= 15 is 0 Å². The molecule has 5 nitrogen and oxygen atoms in total. The molecule has 0 saturated carbocycles. The molecule has 0 radical (unpaired) electrons. The van der Waals surface area contributed by atoms with Crippen molar-refractivity contribution < 1.29 is 5.11 Å². The highest BCUT2D eigenvalue weighted by Crippen LogP contribution is 2.03. The van der Waals surface area contributed by atoms with Crippen molar-refractivity contribution in [3.05, 3.63) is 12.4 Å². The topological polar surface area (TPSA) is 84.1 Å². The number of nitrogens with zero attached hydrogens (tertiary/aromatic N) is 2. The first-order valence-electron chi connectivity index (χ1n) is 4.71. The molecule has 1 aromatic heterocycles. The van der Waals surface area contributed by atoms with Crippen molar-refractivity contribution in [3.63, 3.8) is 0 Å². The third kappa shape index (κ3) is 3.57. The Labute approximate surface area is 83.4 Å². The molecule has 1 atom stereocenters. The Kier molecular flexibility index (Phi) is 4.12. The predicted octanol–water partition coefficient (Wildman–Crippen LogP) is 0.632. The van der Waals surface area contributed by atoms with Gasteiger partial charge in [0.05, 0.1) is 18.5 Å². The van der Waals surface area contributed by atoms with Gasteiger partial charge in [-0.05, 0) is 6.42 Å². The van der Waals surface area contributed by atoms with Crippen LogP contribution in [0.3, 0.4) is 0 Å². The van der Waals surface area contributed by atoms with Gasteiger partial charge in [0.15, 0.2) is 0 Å². The van der Waals surface area contributed by atoms with E-state index in [-0.39, 0.29) is 6.10 Å². The predicted molar refractivity (Wildman–Crippen MR) is 55.8 cm³/mol. The number of nitrogens with one attached hydrogen (secondary N) is 1. The number of nitrogen functional groups attached to an aromatic ring is 1. The van der Waals surface area contributed by atoms with E-state index in [2.05, 4.69) is 15.3 Å². The molecule has 0 spiro atoms. The summed E-state index contributed by atoms with van der Waals surface area (Å²) in [4.78, 5) is 7.87. The molecule has 1 aromatic rings. The molecule has 0 aliphatic carbocycles. The van der Waals surface area contributed by atoms with Gasteiger partial charge in [-0.2, -0.15) is 0 Å². The van der Waals surface area contributed by atoms with Gasteiger partial charge in [-0.1, -0.05) is 13.3 Å². The van der Waals surface area contributed by atoms with Crippen LogP contribution in [0.15, 0.2) is 12.4 Å². The van der Waals surface area contributed by atoms with Crippen molar-refractivity contribution in [2.45, 2.75) is 25.9 Å². The summed E-state index contributed by atoms with van der Waals surface area (Å²) < 4.78 is 0.